The third-order valence-corrected chi connectivity index (χ3v) is 7.96. The van der Waals surface area contributed by atoms with Crippen molar-refractivity contribution in [2.75, 3.05) is 30.9 Å². The van der Waals surface area contributed by atoms with E-state index in [1.165, 1.54) is 19.2 Å². The lowest BCUT2D eigenvalue weighted by molar-refractivity contribution is -0.124. The summed E-state index contributed by atoms with van der Waals surface area (Å²) in [7, 11) is -1.95. The van der Waals surface area contributed by atoms with Crippen LogP contribution < -0.4 is 9.64 Å². The molecule has 176 valence electrons. The summed E-state index contributed by atoms with van der Waals surface area (Å²) in [5.41, 5.74) is 3.87. The van der Waals surface area contributed by atoms with Crippen molar-refractivity contribution in [3.05, 3.63) is 71.7 Å². The summed E-state index contributed by atoms with van der Waals surface area (Å²) in [4.78, 5) is 19.1. The number of halogens is 1. The Balaban J connectivity index is 1.39. The van der Waals surface area contributed by atoms with Crippen molar-refractivity contribution in [2.24, 2.45) is 0 Å². The number of aromatic nitrogens is 1. The van der Waals surface area contributed by atoms with Gasteiger partial charge in [0.1, 0.15) is 11.6 Å². The zero-order chi connectivity index (χ0) is 23.9. The number of methoxy groups -OCH3 is 1. The highest BCUT2D eigenvalue weighted by Crippen LogP contribution is 2.37. The molecule has 0 aliphatic carbocycles. The van der Waals surface area contributed by atoms with Crippen LogP contribution in [0.3, 0.4) is 0 Å². The molecular formula is C25H24FN3O4S. The van der Waals surface area contributed by atoms with Crippen molar-refractivity contribution in [2.45, 2.75) is 23.8 Å². The van der Waals surface area contributed by atoms with E-state index in [-0.39, 0.29) is 23.2 Å². The molecule has 2 aliphatic heterocycles. The summed E-state index contributed by atoms with van der Waals surface area (Å²) in [6, 6.07) is 14.1. The van der Waals surface area contributed by atoms with E-state index in [0.29, 0.717) is 36.4 Å². The Morgan fingerprint density at radius 2 is 2.12 bits per heavy atom. The summed E-state index contributed by atoms with van der Waals surface area (Å²) in [6.07, 6.45) is 1.93. The highest BCUT2D eigenvalue weighted by molar-refractivity contribution is 7.92. The Labute approximate surface area is 197 Å². The number of ether oxygens (including phenoxy) is 2. The number of hydrogen-bond acceptors (Lipinski definition) is 6. The van der Waals surface area contributed by atoms with Gasteiger partial charge < -0.3 is 14.4 Å². The lowest BCUT2D eigenvalue weighted by Gasteiger charge is -2.22. The first kappa shape index (κ1) is 22.5. The summed E-state index contributed by atoms with van der Waals surface area (Å²) in [5, 5.41) is 0. The van der Waals surface area contributed by atoms with Gasteiger partial charge in [-0.25, -0.2) is 13.4 Å². The maximum Gasteiger partial charge on any atom is 0.268 e. The van der Waals surface area contributed by atoms with Gasteiger partial charge in [0.2, 0.25) is 0 Å². The molecular weight excluding hydrogens is 457 g/mol. The van der Waals surface area contributed by atoms with E-state index in [1.54, 1.807) is 11.1 Å². The number of pyridine rings is 1. The lowest BCUT2D eigenvalue weighted by Crippen LogP contribution is -2.40. The van der Waals surface area contributed by atoms with Gasteiger partial charge in [-0.1, -0.05) is 6.07 Å². The van der Waals surface area contributed by atoms with Crippen LogP contribution in [0.15, 0.2) is 59.6 Å². The predicted molar refractivity (Wildman–Crippen MR) is 126 cm³/mol. The highest BCUT2D eigenvalue weighted by Gasteiger charge is 2.36. The Morgan fingerprint density at radius 1 is 1.26 bits per heavy atom. The summed E-state index contributed by atoms with van der Waals surface area (Å²) >= 11 is 0. The maximum atomic E-state index is 14.7. The number of fused-ring (bicyclic) bond motifs is 2. The van der Waals surface area contributed by atoms with Crippen molar-refractivity contribution in [1.29, 1.82) is 4.78 Å². The highest BCUT2D eigenvalue weighted by atomic mass is 32.2. The number of carbonyl (C=O) groups is 1. The van der Waals surface area contributed by atoms with Gasteiger partial charge in [-0.05, 0) is 60.0 Å². The SMILES string of the molecule is COCCS(=N)(=O)c1cc2c(cc1F)CCN2C(=O)[C@H]1Cc2cc(-c3ccccn3)ccc2O1. The van der Waals surface area contributed by atoms with Crippen molar-refractivity contribution < 1.29 is 22.9 Å². The van der Waals surface area contributed by atoms with E-state index >= 15 is 0 Å². The second-order valence-electron chi connectivity index (χ2n) is 8.37. The van der Waals surface area contributed by atoms with Crippen LogP contribution in [-0.2, 0) is 32.1 Å². The first-order chi connectivity index (χ1) is 16.4. The standard InChI is InChI=1S/C25H24FN3O4S/c1-32-10-11-34(27,31)24-15-21-17(13-19(24)26)7-9-29(21)25(30)23-14-18-12-16(5-6-22(18)33-23)20-4-2-3-8-28-20/h2-6,8,12-13,15,23,27H,7,9-11,14H2,1H3/t23-,34?/m1/s1. The van der Waals surface area contributed by atoms with Crippen LogP contribution in [-0.4, -0.2) is 47.2 Å². The molecule has 0 spiro atoms. The predicted octanol–water partition coefficient (Wildman–Crippen LogP) is 3.83. The van der Waals surface area contributed by atoms with Crippen LogP contribution in [0, 0.1) is 10.6 Å². The average molecular weight is 482 g/mol. The zero-order valence-electron chi connectivity index (χ0n) is 18.6. The largest absolute Gasteiger partial charge is 0.480 e. The molecule has 0 saturated heterocycles. The number of nitrogens with zero attached hydrogens (tertiary/aromatic N) is 2. The third kappa shape index (κ3) is 4.05. The topological polar surface area (TPSA) is 92.6 Å². The molecule has 1 amide bonds. The van der Waals surface area contributed by atoms with Gasteiger partial charge in [-0.3, -0.25) is 9.78 Å². The van der Waals surface area contributed by atoms with Gasteiger partial charge in [0, 0.05) is 37.5 Å². The van der Waals surface area contributed by atoms with Crippen molar-refractivity contribution in [1.82, 2.24) is 4.98 Å². The average Bonchev–Trinajstić information content (AvgIpc) is 3.45. The molecule has 7 nitrogen and oxygen atoms in total. The van der Waals surface area contributed by atoms with Crippen LogP contribution in [0.25, 0.3) is 11.3 Å². The monoisotopic (exact) mass is 481 g/mol. The molecule has 34 heavy (non-hydrogen) atoms. The Hall–Kier alpha value is -3.30. The minimum absolute atomic E-state index is 0.0795. The molecule has 2 aliphatic rings. The van der Waals surface area contributed by atoms with Crippen molar-refractivity contribution in [3.63, 3.8) is 0 Å². The molecule has 0 fully saturated rings. The number of rotatable bonds is 6. The fourth-order valence-electron chi connectivity index (χ4n) is 4.43. The van der Waals surface area contributed by atoms with Gasteiger partial charge in [0.25, 0.3) is 5.91 Å². The molecule has 2 atom stereocenters. The molecule has 9 heteroatoms. The fraction of sp³-hybridized carbons (Fsp3) is 0.280. The number of anilines is 1. The zero-order valence-corrected chi connectivity index (χ0v) is 19.4. The van der Waals surface area contributed by atoms with Crippen molar-refractivity contribution >= 4 is 21.3 Å². The Kier molecular flexibility index (Phi) is 5.83. The van der Waals surface area contributed by atoms with E-state index in [1.807, 2.05) is 36.4 Å². The Bertz CT molecular complexity index is 1360. The third-order valence-electron chi connectivity index (χ3n) is 6.20. The van der Waals surface area contributed by atoms with Crippen LogP contribution in [0.5, 0.6) is 5.75 Å². The molecule has 1 unspecified atom stereocenters. The molecule has 0 saturated carbocycles. The smallest absolute Gasteiger partial charge is 0.268 e. The second kappa shape index (κ2) is 8.81. The van der Waals surface area contributed by atoms with Gasteiger partial charge in [-0.2, -0.15) is 0 Å². The molecule has 2 aromatic carbocycles. The molecule has 1 N–H and O–H groups in total. The van der Waals surface area contributed by atoms with E-state index in [4.69, 9.17) is 14.3 Å². The van der Waals surface area contributed by atoms with E-state index in [9.17, 15) is 13.4 Å². The lowest BCUT2D eigenvalue weighted by atomic mass is 10.0. The molecule has 3 aromatic rings. The van der Waals surface area contributed by atoms with Gasteiger partial charge in [0.15, 0.2) is 6.10 Å². The fourth-order valence-corrected chi connectivity index (χ4v) is 5.73. The number of hydrogen-bond donors (Lipinski definition) is 1. The summed E-state index contributed by atoms with van der Waals surface area (Å²) in [6.45, 7) is 0.458. The van der Waals surface area contributed by atoms with Crippen LogP contribution in [0.1, 0.15) is 11.1 Å². The number of nitrogens with one attached hydrogen (secondary N) is 1. The number of carbonyl (C=O) groups excluding carboxylic acids is 1. The molecule has 5 rings (SSSR count). The normalized spacial score (nSPS) is 18.2. The van der Waals surface area contributed by atoms with Gasteiger partial charge >= 0.3 is 0 Å². The molecule has 0 bridgehead atoms. The van der Waals surface area contributed by atoms with E-state index in [0.717, 1.165) is 16.8 Å². The Morgan fingerprint density at radius 3 is 2.88 bits per heavy atom. The van der Waals surface area contributed by atoms with E-state index < -0.39 is 21.7 Å². The van der Waals surface area contributed by atoms with E-state index in [2.05, 4.69) is 4.98 Å². The first-order valence-electron chi connectivity index (χ1n) is 11.0. The van der Waals surface area contributed by atoms with Crippen LogP contribution in [0.2, 0.25) is 0 Å². The maximum absolute atomic E-state index is 14.7. The van der Waals surface area contributed by atoms with Gasteiger partial charge in [-0.15, -0.1) is 0 Å². The van der Waals surface area contributed by atoms with Gasteiger partial charge in [0.05, 0.1) is 32.7 Å². The quantitative estimate of drug-likeness (QED) is 0.578. The second-order valence-corrected chi connectivity index (χ2v) is 10.6. The number of amides is 1. The first-order valence-corrected chi connectivity index (χ1v) is 12.7. The van der Waals surface area contributed by atoms with Crippen molar-refractivity contribution in [3.8, 4) is 17.0 Å². The van der Waals surface area contributed by atoms with Crippen LogP contribution in [0.4, 0.5) is 10.1 Å². The minimum atomic E-state index is -3.39. The summed E-state index contributed by atoms with van der Waals surface area (Å²) < 4.78 is 46.5. The molecule has 3 heterocycles. The number of benzene rings is 2. The molecule has 1 aromatic heterocycles. The molecule has 0 radical (unpaired) electrons. The summed E-state index contributed by atoms with van der Waals surface area (Å²) in [5.74, 6) is -0.380. The van der Waals surface area contributed by atoms with Crippen LogP contribution >= 0.6 is 0 Å². The minimum Gasteiger partial charge on any atom is -0.480 e.